The number of nitrogens with one attached hydrogen (secondary N) is 1. The minimum Gasteiger partial charge on any atom is -0.326 e. The molecule has 3 heteroatoms. The molecule has 1 aliphatic rings. The molecule has 1 aliphatic carbocycles. The largest absolute Gasteiger partial charge is 0.326 e. The zero-order valence-electron chi connectivity index (χ0n) is 13.4. The first-order valence-corrected chi connectivity index (χ1v) is 8.11. The molecule has 0 heterocycles. The van der Waals surface area contributed by atoms with Gasteiger partial charge in [0.2, 0.25) is 5.91 Å². The summed E-state index contributed by atoms with van der Waals surface area (Å²) in [6.07, 6.45) is 3.43. The Morgan fingerprint density at radius 2 is 1.95 bits per heavy atom. The van der Waals surface area contributed by atoms with Crippen molar-refractivity contribution in [3.63, 3.8) is 0 Å². The Labute approximate surface area is 128 Å². The van der Waals surface area contributed by atoms with Gasteiger partial charge in [0, 0.05) is 18.2 Å². The summed E-state index contributed by atoms with van der Waals surface area (Å²) in [4.78, 5) is 12.6. The maximum atomic E-state index is 12.6. The molecule has 3 N–H and O–H groups in total. The van der Waals surface area contributed by atoms with Gasteiger partial charge in [0.05, 0.1) is 0 Å². The Morgan fingerprint density at radius 1 is 1.29 bits per heavy atom. The smallest absolute Gasteiger partial charge is 0.227 e. The molecule has 0 bridgehead atoms. The number of carbonyl (C=O) groups is 1. The number of nitrogens with two attached hydrogens (primary N) is 1. The molecule has 1 aromatic carbocycles. The third-order valence-electron chi connectivity index (χ3n) is 4.82. The molecule has 0 spiro atoms. The molecule has 0 saturated heterocycles. The third-order valence-corrected chi connectivity index (χ3v) is 4.82. The van der Waals surface area contributed by atoms with Gasteiger partial charge in [-0.05, 0) is 48.3 Å². The lowest BCUT2D eigenvalue weighted by Gasteiger charge is -2.36. The van der Waals surface area contributed by atoms with E-state index in [1.165, 1.54) is 12.8 Å². The van der Waals surface area contributed by atoms with E-state index in [1.807, 2.05) is 24.3 Å². The summed E-state index contributed by atoms with van der Waals surface area (Å²) in [6.45, 7) is 7.25. The van der Waals surface area contributed by atoms with Crippen molar-refractivity contribution in [3.05, 3.63) is 29.8 Å². The van der Waals surface area contributed by atoms with E-state index in [1.54, 1.807) is 0 Å². The van der Waals surface area contributed by atoms with Crippen molar-refractivity contribution in [2.24, 2.45) is 29.4 Å². The number of anilines is 1. The fourth-order valence-electron chi connectivity index (χ4n) is 3.46. The van der Waals surface area contributed by atoms with Crippen LogP contribution in [0.25, 0.3) is 0 Å². The normalized spacial score (nSPS) is 25.9. The van der Waals surface area contributed by atoms with E-state index in [0.717, 1.165) is 17.7 Å². The van der Waals surface area contributed by atoms with Crippen LogP contribution in [0.3, 0.4) is 0 Å². The summed E-state index contributed by atoms with van der Waals surface area (Å²) < 4.78 is 0. The van der Waals surface area contributed by atoms with Crippen molar-refractivity contribution in [1.29, 1.82) is 0 Å². The van der Waals surface area contributed by atoms with Crippen LogP contribution in [0.4, 0.5) is 5.69 Å². The van der Waals surface area contributed by atoms with Crippen LogP contribution in [0.2, 0.25) is 0 Å². The number of amides is 1. The summed E-state index contributed by atoms with van der Waals surface area (Å²) in [5, 5.41) is 3.09. The Bertz CT molecular complexity index is 467. The first kappa shape index (κ1) is 16.0. The molecule has 1 amide bonds. The van der Waals surface area contributed by atoms with Crippen LogP contribution < -0.4 is 11.1 Å². The maximum Gasteiger partial charge on any atom is 0.227 e. The highest BCUT2D eigenvalue weighted by Gasteiger charge is 2.35. The molecule has 0 aliphatic heterocycles. The molecule has 116 valence electrons. The van der Waals surface area contributed by atoms with Gasteiger partial charge in [-0.25, -0.2) is 0 Å². The lowest BCUT2D eigenvalue weighted by molar-refractivity contribution is -0.123. The average molecular weight is 288 g/mol. The Balaban J connectivity index is 2.05. The highest BCUT2D eigenvalue weighted by molar-refractivity contribution is 5.92. The number of rotatable bonds is 4. The number of benzene rings is 1. The van der Waals surface area contributed by atoms with Gasteiger partial charge < -0.3 is 11.1 Å². The van der Waals surface area contributed by atoms with Crippen molar-refractivity contribution in [3.8, 4) is 0 Å². The predicted molar refractivity (Wildman–Crippen MR) is 87.8 cm³/mol. The van der Waals surface area contributed by atoms with E-state index in [2.05, 4.69) is 26.1 Å². The van der Waals surface area contributed by atoms with Gasteiger partial charge in [-0.3, -0.25) is 4.79 Å². The van der Waals surface area contributed by atoms with E-state index in [9.17, 15) is 4.79 Å². The molecule has 0 aromatic heterocycles. The van der Waals surface area contributed by atoms with Crippen LogP contribution in [-0.4, -0.2) is 5.91 Å². The molecule has 1 saturated carbocycles. The molecule has 3 nitrogen and oxygen atoms in total. The molecule has 0 radical (unpaired) electrons. The summed E-state index contributed by atoms with van der Waals surface area (Å²) in [5.74, 6) is 2.04. The molecule has 2 rings (SSSR count). The summed E-state index contributed by atoms with van der Waals surface area (Å²) >= 11 is 0. The van der Waals surface area contributed by atoms with E-state index in [0.29, 0.717) is 24.3 Å². The van der Waals surface area contributed by atoms with Gasteiger partial charge in [-0.2, -0.15) is 0 Å². The lowest BCUT2D eigenvalue weighted by atomic mass is 9.70. The monoisotopic (exact) mass is 288 g/mol. The van der Waals surface area contributed by atoms with E-state index in [4.69, 9.17) is 5.73 Å². The van der Waals surface area contributed by atoms with Crippen LogP contribution in [0.15, 0.2) is 24.3 Å². The van der Waals surface area contributed by atoms with E-state index in [-0.39, 0.29) is 11.8 Å². The van der Waals surface area contributed by atoms with Crippen LogP contribution in [-0.2, 0) is 11.3 Å². The van der Waals surface area contributed by atoms with Crippen molar-refractivity contribution in [1.82, 2.24) is 0 Å². The molecule has 1 fully saturated rings. The van der Waals surface area contributed by atoms with E-state index >= 15 is 0 Å². The van der Waals surface area contributed by atoms with E-state index < -0.39 is 0 Å². The van der Waals surface area contributed by atoms with Crippen molar-refractivity contribution in [2.45, 2.75) is 46.6 Å². The lowest BCUT2D eigenvalue weighted by Crippen LogP contribution is -2.36. The van der Waals surface area contributed by atoms with Crippen LogP contribution in [0.5, 0.6) is 0 Å². The number of hydrogen-bond acceptors (Lipinski definition) is 2. The number of carbonyl (C=O) groups excluding carboxylic acids is 1. The number of hydrogen-bond donors (Lipinski definition) is 2. The maximum absolute atomic E-state index is 12.6. The minimum absolute atomic E-state index is 0.142. The van der Waals surface area contributed by atoms with Crippen molar-refractivity contribution >= 4 is 11.6 Å². The van der Waals surface area contributed by atoms with Gasteiger partial charge in [0.25, 0.3) is 0 Å². The van der Waals surface area contributed by atoms with Crippen LogP contribution in [0, 0.1) is 23.7 Å². The SMILES string of the molecule is CC(C)[C@@H]1CC[C@@H](C)C[C@H]1C(=O)Nc1ccc(CN)cc1. The first-order chi connectivity index (χ1) is 10.0. The van der Waals surface area contributed by atoms with Gasteiger partial charge in [0.15, 0.2) is 0 Å². The standard InChI is InChI=1S/C18H28N2O/c1-12(2)16-9-4-13(3)10-17(16)18(21)20-15-7-5-14(11-19)6-8-15/h5-8,12-13,16-17H,4,9-11,19H2,1-3H3,(H,20,21)/t13-,16+,17-/m1/s1. The first-order valence-electron chi connectivity index (χ1n) is 8.11. The van der Waals surface area contributed by atoms with Gasteiger partial charge in [-0.15, -0.1) is 0 Å². The van der Waals surface area contributed by atoms with Crippen molar-refractivity contribution in [2.75, 3.05) is 5.32 Å². The topological polar surface area (TPSA) is 55.1 Å². The molecule has 21 heavy (non-hydrogen) atoms. The van der Waals surface area contributed by atoms with Gasteiger partial charge in [-0.1, -0.05) is 39.3 Å². The minimum atomic E-state index is 0.142. The second-order valence-electron chi connectivity index (χ2n) is 6.82. The average Bonchev–Trinajstić information content (AvgIpc) is 2.47. The highest BCUT2D eigenvalue weighted by Crippen LogP contribution is 2.38. The third kappa shape index (κ3) is 4.07. The summed E-state index contributed by atoms with van der Waals surface area (Å²) in [6, 6.07) is 7.82. The van der Waals surface area contributed by atoms with Gasteiger partial charge in [0.1, 0.15) is 0 Å². The Hall–Kier alpha value is -1.35. The second kappa shape index (κ2) is 7.08. The zero-order valence-corrected chi connectivity index (χ0v) is 13.4. The Kier molecular flexibility index (Phi) is 5.40. The zero-order chi connectivity index (χ0) is 15.4. The van der Waals surface area contributed by atoms with Gasteiger partial charge >= 0.3 is 0 Å². The fourth-order valence-corrected chi connectivity index (χ4v) is 3.46. The fraction of sp³-hybridized carbons (Fsp3) is 0.611. The molecule has 3 atom stereocenters. The Morgan fingerprint density at radius 3 is 2.52 bits per heavy atom. The molecular weight excluding hydrogens is 260 g/mol. The highest BCUT2D eigenvalue weighted by atomic mass is 16.1. The molecular formula is C18H28N2O. The molecule has 1 aromatic rings. The summed E-state index contributed by atoms with van der Waals surface area (Å²) in [7, 11) is 0. The molecule has 0 unspecified atom stereocenters. The predicted octanol–water partition coefficient (Wildman–Crippen LogP) is 3.79. The quantitative estimate of drug-likeness (QED) is 0.885. The van der Waals surface area contributed by atoms with Crippen LogP contribution >= 0.6 is 0 Å². The second-order valence-corrected chi connectivity index (χ2v) is 6.82. The summed E-state index contributed by atoms with van der Waals surface area (Å²) in [5.41, 5.74) is 7.55. The van der Waals surface area contributed by atoms with Crippen LogP contribution in [0.1, 0.15) is 45.6 Å². The van der Waals surface area contributed by atoms with Crippen molar-refractivity contribution < 1.29 is 4.79 Å².